The molecule has 1 aromatic heterocycles. The highest BCUT2D eigenvalue weighted by molar-refractivity contribution is 7.89. The van der Waals surface area contributed by atoms with Gasteiger partial charge in [0.2, 0.25) is 15.9 Å². The quantitative estimate of drug-likeness (QED) is 0.609. The van der Waals surface area contributed by atoms with E-state index in [2.05, 4.69) is 9.71 Å². The topological polar surface area (TPSA) is 129 Å². The number of carbonyl (C=O) groups is 2. The van der Waals surface area contributed by atoms with Crippen molar-refractivity contribution in [3.05, 3.63) is 57.8 Å². The van der Waals surface area contributed by atoms with Crippen molar-refractivity contribution in [2.75, 3.05) is 24.6 Å². The van der Waals surface area contributed by atoms with Gasteiger partial charge in [0.1, 0.15) is 11.9 Å². The molecule has 1 aromatic carbocycles. The maximum Gasteiger partial charge on any atom is 0.340 e. The van der Waals surface area contributed by atoms with E-state index in [1.54, 1.807) is 24.8 Å². The van der Waals surface area contributed by atoms with Gasteiger partial charge in [0.05, 0.1) is 35.1 Å². The van der Waals surface area contributed by atoms with E-state index >= 15 is 0 Å². The number of sulfonamides is 1. The summed E-state index contributed by atoms with van der Waals surface area (Å²) in [5, 5.41) is 9.50. The largest absolute Gasteiger partial charge is 0.462 e. The second kappa shape index (κ2) is 9.58. The normalized spacial score (nSPS) is 13.7. The van der Waals surface area contributed by atoms with Crippen LogP contribution in [0.4, 0.5) is 5.82 Å². The minimum Gasteiger partial charge on any atom is -0.462 e. The average molecular weight is 471 g/mol. The molecule has 10 heteroatoms. The first-order valence-corrected chi connectivity index (χ1v) is 12.1. The summed E-state index contributed by atoms with van der Waals surface area (Å²) in [7, 11) is -3.85. The minimum absolute atomic E-state index is 0.185. The van der Waals surface area contributed by atoms with Gasteiger partial charge >= 0.3 is 5.97 Å². The number of esters is 1. The molecule has 174 valence electrons. The van der Waals surface area contributed by atoms with Crippen molar-refractivity contribution in [1.82, 2.24) is 9.71 Å². The van der Waals surface area contributed by atoms with Crippen LogP contribution in [0.15, 0.2) is 24.3 Å². The van der Waals surface area contributed by atoms with Gasteiger partial charge in [-0.3, -0.25) is 9.52 Å². The van der Waals surface area contributed by atoms with Crippen molar-refractivity contribution >= 4 is 27.7 Å². The van der Waals surface area contributed by atoms with Crippen LogP contribution in [-0.4, -0.2) is 45.0 Å². The molecular formula is C23H26N4O5S. The number of amides is 1. The zero-order chi connectivity index (χ0) is 24.3. The number of nitrogens with zero attached hydrogens (tertiary/aromatic N) is 3. The summed E-state index contributed by atoms with van der Waals surface area (Å²) >= 11 is 0. The third-order valence-electron chi connectivity index (χ3n) is 5.47. The van der Waals surface area contributed by atoms with Crippen molar-refractivity contribution in [2.45, 2.75) is 33.4 Å². The summed E-state index contributed by atoms with van der Waals surface area (Å²) < 4.78 is 32.2. The van der Waals surface area contributed by atoms with Crippen LogP contribution in [0.5, 0.6) is 0 Å². The number of nitriles is 1. The van der Waals surface area contributed by atoms with E-state index in [4.69, 9.17) is 4.74 Å². The number of anilines is 1. The lowest BCUT2D eigenvalue weighted by Gasteiger charge is -2.39. The Morgan fingerprint density at radius 1 is 1.24 bits per heavy atom. The van der Waals surface area contributed by atoms with Crippen molar-refractivity contribution < 1.29 is 22.7 Å². The zero-order valence-electron chi connectivity index (χ0n) is 19.0. The van der Waals surface area contributed by atoms with E-state index in [9.17, 15) is 23.3 Å². The number of carbonyl (C=O) groups excluding carboxylic acids is 2. The number of pyridine rings is 1. The van der Waals surface area contributed by atoms with Gasteiger partial charge < -0.3 is 9.64 Å². The number of hydrogen-bond acceptors (Lipinski definition) is 8. The van der Waals surface area contributed by atoms with Crippen LogP contribution >= 0.6 is 0 Å². The monoisotopic (exact) mass is 470 g/mol. The van der Waals surface area contributed by atoms with Crippen molar-refractivity contribution in [3.8, 4) is 6.07 Å². The minimum atomic E-state index is -3.85. The maximum atomic E-state index is 12.5. The molecule has 1 amide bonds. The number of aromatic nitrogens is 1. The Labute approximate surface area is 193 Å². The van der Waals surface area contributed by atoms with Crippen LogP contribution in [0.2, 0.25) is 0 Å². The molecule has 1 saturated heterocycles. The molecule has 33 heavy (non-hydrogen) atoms. The Morgan fingerprint density at radius 2 is 1.94 bits per heavy atom. The molecule has 1 fully saturated rings. The van der Waals surface area contributed by atoms with E-state index in [1.807, 2.05) is 32.0 Å². The second-order valence-electron chi connectivity index (χ2n) is 8.08. The molecule has 9 nitrogen and oxygen atoms in total. The van der Waals surface area contributed by atoms with Gasteiger partial charge in [-0.25, -0.2) is 18.2 Å². The molecule has 0 bridgehead atoms. The smallest absolute Gasteiger partial charge is 0.340 e. The van der Waals surface area contributed by atoms with Crippen LogP contribution in [-0.2, 0) is 25.3 Å². The maximum absolute atomic E-state index is 12.5. The molecule has 3 rings (SSSR count). The molecule has 2 aromatic rings. The molecule has 0 aliphatic carbocycles. The van der Waals surface area contributed by atoms with Crippen molar-refractivity contribution in [1.29, 1.82) is 5.26 Å². The Kier molecular flexibility index (Phi) is 7.03. The van der Waals surface area contributed by atoms with Gasteiger partial charge in [-0.2, -0.15) is 5.26 Å². The molecule has 1 aliphatic rings. The zero-order valence-corrected chi connectivity index (χ0v) is 19.8. The first-order chi connectivity index (χ1) is 15.5. The summed E-state index contributed by atoms with van der Waals surface area (Å²) in [5.41, 5.74) is 3.23. The molecule has 2 heterocycles. The molecule has 0 unspecified atom stereocenters. The standard InChI is InChI=1S/C23H26N4O5S/c1-5-32-23(29)20-9-17(10-24)21(25-16(20)4)27-11-19(12-27)22(28)26-33(30,31)13-18-8-14(2)6-7-15(18)3/h6-9,19H,5,11-13H2,1-4H3,(H,26,28). The van der Waals surface area contributed by atoms with Gasteiger partial charge in [0.25, 0.3) is 0 Å². The van der Waals surface area contributed by atoms with Gasteiger partial charge in [-0.05, 0) is 44.9 Å². The fourth-order valence-corrected chi connectivity index (χ4v) is 4.85. The van der Waals surface area contributed by atoms with Gasteiger partial charge in [-0.1, -0.05) is 23.8 Å². The number of aryl methyl sites for hydroxylation is 3. The molecular weight excluding hydrogens is 444 g/mol. The fraction of sp³-hybridized carbons (Fsp3) is 0.391. The summed E-state index contributed by atoms with van der Waals surface area (Å²) in [4.78, 5) is 30.7. The summed E-state index contributed by atoms with van der Waals surface area (Å²) in [6, 6.07) is 8.99. The first-order valence-electron chi connectivity index (χ1n) is 10.5. The van der Waals surface area contributed by atoms with E-state index in [1.165, 1.54) is 6.07 Å². The summed E-state index contributed by atoms with van der Waals surface area (Å²) in [5.74, 6) is -1.63. The lowest BCUT2D eigenvalue weighted by molar-refractivity contribution is -0.123. The highest BCUT2D eigenvalue weighted by Gasteiger charge is 2.36. The third-order valence-corrected chi connectivity index (χ3v) is 6.67. The van der Waals surface area contributed by atoms with E-state index in [0.717, 1.165) is 11.1 Å². The Bertz CT molecular complexity index is 1240. The molecule has 0 saturated carbocycles. The Balaban J connectivity index is 1.66. The number of benzene rings is 1. The highest BCUT2D eigenvalue weighted by Crippen LogP contribution is 2.28. The fourth-order valence-electron chi connectivity index (χ4n) is 3.58. The lowest BCUT2D eigenvalue weighted by Crippen LogP contribution is -2.55. The molecule has 0 spiro atoms. The van der Waals surface area contributed by atoms with Gasteiger partial charge in [-0.15, -0.1) is 0 Å². The predicted octanol–water partition coefficient (Wildman–Crippen LogP) is 2.14. The van der Waals surface area contributed by atoms with Gasteiger partial charge in [0, 0.05) is 13.1 Å². The molecule has 1 N–H and O–H groups in total. The number of rotatable bonds is 7. The highest BCUT2D eigenvalue weighted by atomic mass is 32.2. The lowest BCUT2D eigenvalue weighted by atomic mass is 9.98. The van der Waals surface area contributed by atoms with E-state index in [0.29, 0.717) is 17.1 Å². The first kappa shape index (κ1) is 24.2. The van der Waals surface area contributed by atoms with E-state index in [-0.39, 0.29) is 36.6 Å². The van der Waals surface area contributed by atoms with Crippen molar-refractivity contribution in [3.63, 3.8) is 0 Å². The third kappa shape index (κ3) is 5.49. The van der Waals surface area contributed by atoms with Crippen LogP contribution in [0.25, 0.3) is 0 Å². The predicted molar refractivity (Wildman–Crippen MR) is 122 cm³/mol. The SMILES string of the molecule is CCOC(=O)c1cc(C#N)c(N2CC(C(=O)NS(=O)(=O)Cc3cc(C)ccc3C)C2)nc1C. The summed E-state index contributed by atoms with van der Waals surface area (Å²) in [6.45, 7) is 7.66. The van der Waals surface area contributed by atoms with Gasteiger partial charge in [0.15, 0.2) is 0 Å². The second-order valence-corrected chi connectivity index (χ2v) is 9.80. The molecule has 0 atom stereocenters. The molecule has 1 aliphatic heterocycles. The number of nitrogens with one attached hydrogen (secondary N) is 1. The molecule has 0 radical (unpaired) electrons. The van der Waals surface area contributed by atoms with Crippen LogP contribution in [0.1, 0.15) is 45.2 Å². The van der Waals surface area contributed by atoms with Crippen LogP contribution < -0.4 is 9.62 Å². The number of ether oxygens (including phenoxy) is 1. The number of hydrogen-bond donors (Lipinski definition) is 1. The van der Waals surface area contributed by atoms with Crippen LogP contribution in [0, 0.1) is 38.0 Å². The Morgan fingerprint density at radius 3 is 2.58 bits per heavy atom. The van der Waals surface area contributed by atoms with E-state index < -0.39 is 27.8 Å². The van der Waals surface area contributed by atoms with Crippen molar-refractivity contribution in [2.24, 2.45) is 5.92 Å². The average Bonchev–Trinajstić information content (AvgIpc) is 2.69. The Hall–Kier alpha value is -3.45. The van der Waals surface area contributed by atoms with Crippen LogP contribution in [0.3, 0.4) is 0 Å². The summed E-state index contributed by atoms with van der Waals surface area (Å²) in [6.07, 6.45) is 0.